The summed E-state index contributed by atoms with van der Waals surface area (Å²) in [4.78, 5) is 16.4. The number of carbonyl (C=O) groups excluding carboxylic acids is 1. The molecule has 2 rings (SSSR count). The first-order valence-corrected chi connectivity index (χ1v) is 7.46. The summed E-state index contributed by atoms with van der Waals surface area (Å²) < 4.78 is 0. The summed E-state index contributed by atoms with van der Waals surface area (Å²) in [5.74, 6) is 0.691. The molecule has 0 aromatic carbocycles. The molecule has 0 aromatic heterocycles. The van der Waals surface area contributed by atoms with E-state index in [1.807, 2.05) is 4.90 Å². The predicted molar refractivity (Wildman–Crippen MR) is 73.2 cm³/mol. The van der Waals surface area contributed by atoms with E-state index in [1.165, 1.54) is 32.2 Å². The van der Waals surface area contributed by atoms with E-state index < -0.39 is 0 Å². The van der Waals surface area contributed by atoms with Crippen molar-refractivity contribution in [3.05, 3.63) is 0 Å². The molecule has 4 heteroatoms. The molecule has 0 radical (unpaired) electrons. The summed E-state index contributed by atoms with van der Waals surface area (Å²) >= 11 is 0. The Morgan fingerprint density at radius 2 is 2.17 bits per heavy atom. The molecule has 2 atom stereocenters. The maximum absolute atomic E-state index is 11.8. The van der Waals surface area contributed by atoms with Crippen LogP contribution < -0.4 is 5.73 Å². The lowest BCUT2D eigenvalue weighted by Crippen LogP contribution is -2.44. The minimum absolute atomic E-state index is 0.301. The van der Waals surface area contributed by atoms with Crippen molar-refractivity contribution in [3.63, 3.8) is 0 Å². The minimum Gasteiger partial charge on any atom is -0.341 e. The summed E-state index contributed by atoms with van der Waals surface area (Å²) in [6.45, 7) is 6.94. The third-order valence-electron chi connectivity index (χ3n) is 4.51. The molecule has 4 nitrogen and oxygen atoms in total. The summed E-state index contributed by atoms with van der Waals surface area (Å²) in [5.41, 5.74) is 5.65. The molecule has 2 fully saturated rings. The van der Waals surface area contributed by atoms with Crippen LogP contribution in [0.2, 0.25) is 0 Å². The normalized spacial score (nSPS) is 30.1. The summed E-state index contributed by atoms with van der Waals surface area (Å²) in [5, 5.41) is 0. The number of carbonyl (C=O) groups is 1. The van der Waals surface area contributed by atoms with E-state index in [0.717, 1.165) is 25.7 Å². The number of hydrogen-bond donors (Lipinski definition) is 1. The molecule has 0 aromatic rings. The van der Waals surface area contributed by atoms with Crippen LogP contribution in [-0.2, 0) is 4.79 Å². The Morgan fingerprint density at radius 3 is 2.83 bits per heavy atom. The number of piperidine rings is 1. The number of hydrogen-bond acceptors (Lipinski definition) is 3. The third kappa shape index (κ3) is 3.23. The zero-order valence-electron chi connectivity index (χ0n) is 11.6. The molecular formula is C14H27N3O. The Bertz CT molecular complexity index is 282. The number of nitrogens with zero attached hydrogens (tertiary/aromatic N) is 2. The van der Waals surface area contributed by atoms with Crippen molar-refractivity contribution in [3.8, 4) is 0 Å². The molecule has 2 unspecified atom stereocenters. The molecule has 2 N–H and O–H groups in total. The highest BCUT2D eigenvalue weighted by atomic mass is 16.2. The van der Waals surface area contributed by atoms with E-state index in [2.05, 4.69) is 11.8 Å². The third-order valence-corrected chi connectivity index (χ3v) is 4.51. The molecule has 2 aliphatic heterocycles. The van der Waals surface area contributed by atoms with E-state index in [-0.39, 0.29) is 0 Å². The first-order chi connectivity index (χ1) is 8.74. The standard InChI is InChI=1S/C14H27N3O/c1-2-13-5-3-4-6-16(13)7-8-17-11-12(10-15)9-14(17)18/h12-13H,2-11,15H2,1H3. The highest BCUT2D eigenvalue weighted by molar-refractivity contribution is 5.78. The van der Waals surface area contributed by atoms with Gasteiger partial charge in [-0.2, -0.15) is 0 Å². The van der Waals surface area contributed by atoms with E-state index in [9.17, 15) is 4.79 Å². The molecule has 0 spiro atoms. The van der Waals surface area contributed by atoms with Crippen molar-refractivity contribution in [1.82, 2.24) is 9.80 Å². The fraction of sp³-hybridized carbons (Fsp3) is 0.929. The topological polar surface area (TPSA) is 49.6 Å². The monoisotopic (exact) mass is 253 g/mol. The molecular weight excluding hydrogens is 226 g/mol. The van der Waals surface area contributed by atoms with Gasteiger partial charge in [0, 0.05) is 32.1 Å². The van der Waals surface area contributed by atoms with Crippen molar-refractivity contribution in [1.29, 1.82) is 0 Å². The average molecular weight is 253 g/mol. The minimum atomic E-state index is 0.301. The molecule has 0 bridgehead atoms. The lowest BCUT2D eigenvalue weighted by Gasteiger charge is -2.36. The fourth-order valence-electron chi connectivity index (χ4n) is 3.29. The first kappa shape index (κ1) is 13.8. The lowest BCUT2D eigenvalue weighted by atomic mass is 10.0. The van der Waals surface area contributed by atoms with Crippen LogP contribution in [0.15, 0.2) is 0 Å². The highest BCUT2D eigenvalue weighted by Crippen LogP contribution is 2.20. The Kier molecular flexibility index (Phi) is 5.01. The Labute approximate surface area is 110 Å². The zero-order valence-corrected chi connectivity index (χ0v) is 11.6. The van der Waals surface area contributed by atoms with Crippen molar-refractivity contribution < 1.29 is 4.79 Å². The molecule has 2 saturated heterocycles. The second-order valence-corrected chi connectivity index (χ2v) is 5.74. The van der Waals surface area contributed by atoms with Gasteiger partial charge in [0.2, 0.25) is 5.91 Å². The van der Waals surface area contributed by atoms with Gasteiger partial charge in [0.25, 0.3) is 0 Å². The van der Waals surface area contributed by atoms with Crippen LogP contribution in [-0.4, -0.2) is 54.5 Å². The van der Waals surface area contributed by atoms with Crippen LogP contribution in [0.4, 0.5) is 0 Å². The van der Waals surface area contributed by atoms with Gasteiger partial charge in [-0.25, -0.2) is 0 Å². The molecule has 2 aliphatic rings. The van der Waals surface area contributed by atoms with Crippen LogP contribution in [0.5, 0.6) is 0 Å². The zero-order chi connectivity index (χ0) is 13.0. The van der Waals surface area contributed by atoms with Crippen LogP contribution in [0.3, 0.4) is 0 Å². The number of nitrogens with two attached hydrogens (primary N) is 1. The Hall–Kier alpha value is -0.610. The second kappa shape index (κ2) is 6.53. The molecule has 0 saturated carbocycles. The maximum Gasteiger partial charge on any atom is 0.223 e. The van der Waals surface area contributed by atoms with Gasteiger partial charge in [0.05, 0.1) is 0 Å². The summed E-state index contributed by atoms with van der Waals surface area (Å²) in [6.07, 6.45) is 5.91. The molecule has 2 heterocycles. The summed E-state index contributed by atoms with van der Waals surface area (Å²) in [7, 11) is 0. The van der Waals surface area contributed by atoms with Crippen LogP contribution in [0.25, 0.3) is 0 Å². The fourth-order valence-corrected chi connectivity index (χ4v) is 3.29. The second-order valence-electron chi connectivity index (χ2n) is 5.74. The van der Waals surface area contributed by atoms with Crippen molar-refractivity contribution >= 4 is 5.91 Å². The average Bonchev–Trinajstić information content (AvgIpc) is 2.77. The lowest BCUT2D eigenvalue weighted by molar-refractivity contribution is -0.128. The van der Waals surface area contributed by atoms with Gasteiger partial charge >= 0.3 is 0 Å². The van der Waals surface area contributed by atoms with Crippen LogP contribution in [0.1, 0.15) is 39.0 Å². The van der Waals surface area contributed by atoms with Crippen LogP contribution >= 0.6 is 0 Å². The number of rotatable bonds is 5. The Morgan fingerprint density at radius 1 is 1.33 bits per heavy atom. The van der Waals surface area contributed by atoms with Gasteiger partial charge in [-0.05, 0) is 38.3 Å². The highest BCUT2D eigenvalue weighted by Gasteiger charge is 2.29. The Balaban J connectivity index is 1.78. The number of amides is 1. The van der Waals surface area contributed by atoms with Gasteiger partial charge in [0.15, 0.2) is 0 Å². The van der Waals surface area contributed by atoms with Gasteiger partial charge in [0.1, 0.15) is 0 Å². The van der Waals surface area contributed by atoms with Crippen LogP contribution in [0, 0.1) is 5.92 Å². The first-order valence-electron chi connectivity index (χ1n) is 7.46. The van der Waals surface area contributed by atoms with E-state index in [4.69, 9.17) is 5.73 Å². The molecule has 18 heavy (non-hydrogen) atoms. The summed E-state index contributed by atoms with van der Waals surface area (Å²) in [6, 6.07) is 0.738. The van der Waals surface area contributed by atoms with Gasteiger partial charge in [-0.3, -0.25) is 9.69 Å². The van der Waals surface area contributed by atoms with Crippen molar-refractivity contribution in [2.24, 2.45) is 11.7 Å². The molecule has 1 amide bonds. The van der Waals surface area contributed by atoms with E-state index >= 15 is 0 Å². The molecule has 104 valence electrons. The van der Waals surface area contributed by atoms with E-state index in [1.54, 1.807) is 0 Å². The predicted octanol–water partition coefficient (Wildman–Crippen LogP) is 1.06. The largest absolute Gasteiger partial charge is 0.341 e. The smallest absolute Gasteiger partial charge is 0.223 e. The quantitative estimate of drug-likeness (QED) is 0.797. The van der Waals surface area contributed by atoms with Gasteiger partial charge in [-0.1, -0.05) is 13.3 Å². The maximum atomic E-state index is 11.8. The van der Waals surface area contributed by atoms with E-state index in [0.29, 0.717) is 24.8 Å². The van der Waals surface area contributed by atoms with Crippen molar-refractivity contribution in [2.75, 3.05) is 32.7 Å². The molecule has 0 aliphatic carbocycles. The number of likely N-dealkylation sites (tertiary alicyclic amines) is 2. The SMILES string of the molecule is CCC1CCCCN1CCN1CC(CN)CC1=O. The van der Waals surface area contributed by atoms with Gasteiger partial charge < -0.3 is 10.6 Å². The van der Waals surface area contributed by atoms with Crippen molar-refractivity contribution in [2.45, 2.75) is 45.1 Å². The van der Waals surface area contributed by atoms with Gasteiger partial charge in [-0.15, -0.1) is 0 Å².